The molecule has 6 amide bonds. The zero-order valence-electron chi connectivity index (χ0n) is 69.5. The first-order valence-electron chi connectivity index (χ1n) is 41.6. The van der Waals surface area contributed by atoms with Crippen molar-refractivity contribution in [2.75, 3.05) is 32.9 Å². The minimum absolute atomic E-state index is 0.00190. The van der Waals surface area contributed by atoms with Gasteiger partial charge >= 0.3 is 36.4 Å². The molecule has 1 saturated carbocycles. The Balaban J connectivity index is 0.933. The number of unbranched alkanes of at least 4 members (excludes halogenated alkanes) is 1. The highest BCUT2D eigenvalue weighted by Crippen LogP contribution is 2.40. The quantitative estimate of drug-likeness (QED) is 0.00586. The summed E-state index contributed by atoms with van der Waals surface area (Å²) in [6.07, 6.45) is -16.4. The number of aliphatic hydroxyl groups is 2. The summed E-state index contributed by atoms with van der Waals surface area (Å²) < 4.78 is 90.2. The van der Waals surface area contributed by atoms with Gasteiger partial charge in [-0.15, -0.1) is 0 Å². The number of benzene rings is 8. The zero-order chi connectivity index (χ0) is 87.1. The maximum absolute atomic E-state index is 15.4. The summed E-state index contributed by atoms with van der Waals surface area (Å²) in [6, 6.07) is 66.8. The number of aliphatic hydroxyl groups excluding tert-OH is 2. The van der Waals surface area contributed by atoms with E-state index >= 15 is 4.79 Å². The van der Waals surface area contributed by atoms with E-state index in [9.17, 15) is 39.0 Å². The molecule has 8 N–H and O–H groups in total. The molecular weight excluding hydrogens is 1610 g/mol. The first kappa shape index (κ1) is 91.6. The number of hydrogen-bond acceptors (Lipinski definition) is 23. The van der Waals surface area contributed by atoms with Gasteiger partial charge < -0.3 is 108 Å². The Morgan fingerprint density at radius 2 is 0.863 bits per heavy atom. The number of ether oxygens (including phenoxy) is 13. The molecule has 124 heavy (non-hydrogen) atoms. The Morgan fingerprint density at radius 1 is 0.444 bits per heavy atom. The number of hydrogen-bond donors (Lipinski definition) is 8. The summed E-state index contributed by atoms with van der Waals surface area (Å²) in [6.45, 7) is 7.15. The number of nitrogens with one attached hydrogen (secondary N) is 6. The van der Waals surface area contributed by atoms with Crippen molar-refractivity contribution in [1.29, 1.82) is 0 Å². The van der Waals surface area contributed by atoms with Crippen molar-refractivity contribution in [1.82, 2.24) is 31.9 Å². The smallest absolute Gasteiger partial charge is 0.408 e. The van der Waals surface area contributed by atoms with Gasteiger partial charge in [0.15, 0.2) is 25.0 Å². The molecule has 8 aromatic carbocycles. The fourth-order valence-corrected chi connectivity index (χ4v) is 19.4. The molecule has 12 rings (SSSR count). The maximum Gasteiger partial charge on any atom is 0.408 e. The minimum atomic E-state index is -3.58. The van der Waals surface area contributed by atoms with Crippen molar-refractivity contribution in [2.45, 2.75) is 189 Å². The molecule has 0 aromatic heterocycles. The Labute approximate surface area is 721 Å². The van der Waals surface area contributed by atoms with E-state index in [0.717, 1.165) is 28.8 Å². The molecule has 1 aliphatic carbocycles. The predicted molar refractivity (Wildman–Crippen MR) is 457 cm³/mol. The summed E-state index contributed by atoms with van der Waals surface area (Å²) in [4.78, 5) is 99.3. The van der Waals surface area contributed by atoms with Crippen LogP contribution in [0.25, 0.3) is 0 Å². The lowest BCUT2D eigenvalue weighted by Crippen LogP contribution is -2.68. The summed E-state index contributed by atoms with van der Waals surface area (Å²) in [5, 5.41) is 45.2. The van der Waals surface area contributed by atoms with E-state index in [4.69, 9.17) is 66.0 Å². The molecule has 4 aliphatic rings. The molecule has 0 bridgehead atoms. The highest BCUT2D eigenvalue weighted by Gasteiger charge is 2.57. The fraction of sp³-hybridized carbons (Fsp3) is 0.372. The average molecular weight is 1720 g/mol. The molecule has 8 aromatic rings. The van der Waals surface area contributed by atoms with Crippen LogP contribution in [0.4, 0.5) is 24.0 Å². The third-order valence-corrected chi connectivity index (χ3v) is 26.2. The van der Waals surface area contributed by atoms with E-state index in [2.05, 4.69) is 52.7 Å². The number of carbonyl (C=O) groups excluding carboxylic acids is 7. The van der Waals surface area contributed by atoms with Crippen molar-refractivity contribution >= 4 is 61.0 Å². The van der Waals surface area contributed by atoms with Gasteiger partial charge in [-0.05, 0) is 68.2 Å². The molecule has 0 radical (unpaired) electrons. The van der Waals surface area contributed by atoms with Crippen molar-refractivity contribution in [3.8, 4) is 0 Å². The fourth-order valence-electron chi connectivity index (χ4n) is 14.8. The molecule has 16 atom stereocenters. The predicted octanol–water partition coefficient (Wildman–Crippen LogP) is 10.8. The molecule has 1 saturated heterocycles. The van der Waals surface area contributed by atoms with Crippen LogP contribution < -0.4 is 42.3 Å². The van der Waals surface area contributed by atoms with E-state index in [1.807, 2.05) is 116 Å². The van der Waals surface area contributed by atoms with Gasteiger partial charge in [-0.3, -0.25) is 4.79 Å². The maximum atomic E-state index is 15.4. The standard InChI is InChI=1S/C94H108N6O23Si/c1-5-6-53-110-61-70-48-50-74(99-92(108)114-59-66-37-21-10-22-38-66)87(118-70)121-81-76(100-93(109)115-60-67-39-23-11-24-40-67)54-75(97-84(103)77(119-85(104)68-41-25-12-26-42-68)51-52-95-89(105)111-56-63-31-15-7-16-32-63)79(101)83(81)123-88-80(102)82(78(120-88)62-116-124(94(2,3)4,71-43-27-13-28-44-71)72-45-29-14-30-46-72)122-86-73(98-91(107)113-58-65-35-19-9-20-36-65)49-47-69(117-86)55-96-90(106)112-57-64-33-17-8-18-34-64/h7-50,69-70,73-83,86-88,101-102H,5-6,51-62H2,1-4H3,(H,95,105)(H,96,106)(H,97,103)(H,98,107)(H,99,108)(H,100,109)/t69-,70+,73-,74-,75-,76+,77+,78-,79+,80-,81-,82-,83-,86-,87-,88+/m1/s1. The van der Waals surface area contributed by atoms with Crippen molar-refractivity contribution < 1.29 is 110 Å². The van der Waals surface area contributed by atoms with Crippen LogP contribution in [0, 0.1) is 0 Å². The van der Waals surface area contributed by atoms with Crippen LogP contribution in [-0.2, 0) is 104 Å². The van der Waals surface area contributed by atoms with Crippen LogP contribution in [-0.4, -0.2) is 192 Å². The molecule has 0 spiro atoms. The van der Waals surface area contributed by atoms with E-state index in [1.54, 1.807) is 146 Å². The monoisotopic (exact) mass is 1720 g/mol. The first-order valence-corrected chi connectivity index (χ1v) is 43.5. The van der Waals surface area contributed by atoms with Gasteiger partial charge in [-0.25, -0.2) is 28.8 Å². The topological polar surface area (TPSA) is 361 Å². The minimum Gasteiger partial charge on any atom is -0.449 e. The van der Waals surface area contributed by atoms with Crippen LogP contribution in [0.2, 0.25) is 5.04 Å². The third kappa shape index (κ3) is 26.4. The molecule has 29 nitrogen and oxygen atoms in total. The van der Waals surface area contributed by atoms with Crippen LogP contribution in [0.5, 0.6) is 0 Å². The second-order valence-electron chi connectivity index (χ2n) is 31.2. The molecule has 2 fully saturated rings. The number of esters is 1. The normalized spacial score (nSPS) is 23.1. The summed E-state index contributed by atoms with van der Waals surface area (Å²) >= 11 is 0. The summed E-state index contributed by atoms with van der Waals surface area (Å²) in [5.41, 5.74) is 3.50. The number of alkyl carbamates (subject to hydrolysis) is 5. The molecule has 3 aliphatic heterocycles. The Hall–Kier alpha value is -11.7. The van der Waals surface area contributed by atoms with Crippen LogP contribution >= 0.6 is 0 Å². The SMILES string of the molecule is CCCCOC[C@@H]1C=C[C@@H](NC(=O)OCc2ccccc2)[C@@H](O[C@H]2[C@H](O[C@@H]3O[C@H](CO[Si](c4ccccc4)(c4ccccc4)C(C)(C)C)[C@@H](O[C@H]4O[C@@H](CNC(=O)OCc5ccccc5)C=C[C@H]4NC(=O)OCc4ccccc4)[C@H]3O)[C@@H](O)[C@H](NC(=O)[C@H](CCNC(=O)OCc3ccccc3)OC(=O)c3ccccc3)C[C@@H]2NC(=O)OCc2ccccc2)O1. The van der Waals surface area contributed by atoms with Crippen LogP contribution in [0.3, 0.4) is 0 Å². The van der Waals surface area contributed by atoms with E-state index in [1.165, 1.54) is 12.1 Å². The Bertz CT molecular complexity index is 4670. The van der Waals surface area contributed by atoms with Crippen molar-refractivity contribution in [2.24, 2.45) is 0 Å². The number of rotatable bonds is 38. The highest BCUT2D eigenvalue weighted by atomic mass is 28.4. The average Bonchev–Trinajstić information content (AvgIpc) is 1.05. The number of carbonyl (C=O) groups is 7. The van der Waals surface area contributed by atoms with Crippen molar-refractivity contribution in [3.63, 3.8) is 0 Å². The van der Waals surface area contributed by atoms with Gasteiger partial charge in [0, 0.05) is 19.6 Å². The molecule has 656 valence electrons. The van der Waals surface area contributed by atoms with Crippen LogP contribution in [0.15, 0.2) is 267 Å². The second kappa shape index (κ2) is 46.2. The molecule has 0 unspecified atom stereocenters. The van der Waals surface area contributed by atoms with E-state index < -0.39 is 160 Å². The lowest BCUT2D eigenvalue weighted by atomic mass is 9.83. The molecular formula is C94H108N6O23Si. The van der Waals surface area contributed by atoms with E-state index in [-0.39, 0.29) is 71.3 Å². The van der Waals surface area contributed by atoms with Gasteiger partial charge in [0.05, 0.1) is 43.5 Å². The highest BCUT2D eigenvalue weighted by molar-refractivity contribution is 6.99. The van der Waals surface area contributed by atoms with Gasteiger partial charge in [0.1, 0.15) is 87.8 Å². The van der Waals surface area contributed by atoms with Crippen molar-refractivity contribution in [3.05, 3.63) is 300 Å². The summed E-state index contributed by atoms with van der Waals surface area (Å²) in [7, 11) is -3.58. The Kier molecular flexibility index (Phi) is 34.1. The zero-order valence-corrected chi connectivity index (χ0v) is 70.5. The largest absolute Gasteiger partial charge is 0.449 e. The van der Waals surface area contributed by atoms with Gasteiger partial charge in [-0.2, -0.15) is 0 Å². The lowest BCUT2D eigenvalue weighted by molar-refractivity contribution is -0.284. The van der Waals surface area contributed by atoms with Gasteiger partial charge in [0.25, 0.3) is 14.2 Å². The van der Waals surface area contributed by atoms with Gasteiger partial charge in [-0.1, -0.05) is 289 Å². The van der Waals surface area contributed by atoms with E-state index in [0.29, 0.717) is 28.9 Å². The third-order valence-electron chi connectivity index (χ3n) is 21.2. The number of amides is 6. The summed E-state index contributed by atoms with van der Waals surface area (Å²) in [5.74, 6) is -1.91. The second-order valence-corrected chi connectivity index (χ2v) is 35.5. The van der Waals surface area contributed by atoms with Gasteiger partial charge in [0.2, 0.25) is 0 Å². The first-order chi connectivity index (χ1) is 60.2. The lowest BCUT2D eigenvalue weighted by Gasteiger charge is -2.47. The molecule has 3 heterocycles. The molecule has 30 heteroatoms. The Morgan fingerprint density at radius 3 is 1.34 bits per heavy atom. The van der Waals surface area contributed by atoms with Crippen LogP contribution in [0.1, 0.15) is 91.6 Å².